The van der Waals surface area contributed by atoms with E-state index in [4.69, 9.17) is 11.6 Å². The van der Waals surface area contributed by atoms with Crippen LogP contribution in [-0.4, -0.2) is 16.5 Å². The quantitative estimate of drug-likeness (QED) is 0.635. The number of nitrogens with zero attached hydrogens (tertiary/aromatic N) is 3. The van der Waals surface area contributed by atoms with Gasteiger partial charge in [-0.15, -0.1) is 0 Å². The Morgan fingerprint density at radius 1 is 1.08 bits per heavy atom. The number of rotatable bonds is 6. The van der Waals surface area contributed by atoms with Crippen LogP contribution in [0.3, 0.4) is 0 Å². The Kier molecular flexibility index (Phi) is 5.68. The SMILES string of the molecule is CCN(Cc1ccccc1)c1nc(C)cc(Nc2ccc(F)c(Cl)c2)n1. The van der Waals surface area contributed by atoms with Crippen LogP contribution in [0.1, 0.15) is 18.2 Å². The van der Waals surface area contributed by atoms with Gasteiger partial charge in [0, 0.05) is 30.5 Å². The Morgan fingerprint density at radius 3 is 2.54 bits per heavy atom. The predicted octanol–water partition coefficient (Wildman–Crippen LogP) is 5.35. The highest BCUT2D eigenvalue weighted by Gasteiger charge is 2.11. The van der Waals surface area contributed by atoms with Gasteiger partial charge in [0.2, 0.25) is 5.95 Å². The maximum atomic E-state index is 13.3. The Morgan fingerprint density at radius 2 is 1.85 bits per heavy atom. The minimum atomic E-state index is -0.447. The van der Waals surface area contributed by atoms with Gasteiger partial charge in [-0.05, 0) is 37.6 Å². The highest BCUT2D eigenvalue weighted by atomic mass is 35.5. The molecule has 0 bridgehead atoms. The van der Waals surface area contributed by atoms with Crippen LogP contribution >= 0.6 is 11.6 Å². The third-order valence-electron chi connectivity index (χ3n) is 3.92. The molecule has 3 rings (SSSR count). The van der Waals surface area contributed by atoms with Crippen LogP contribution in [-0.2, 0) is 6.54 Å². The fourth-order valence-corrected chi connectivity index (χ4v) is 2.79. The summed E-state index contributed by atoms with van der Waals surface area (Å²) in [5, 5.41) is 3.24. The summed E-state index contributed by atoms with van der Waals surface area (Å²) in [4.78, 5) is 11.3. The molecule has 2 aromatic carbocycles. The molecular weight excluding hydrogens is 351 g/mol. The van der Waals surface area contributed by atoms with Crippen molar-refractivity contribution in [1.82, 2.24) is 9.97 Å². The average molecular weight is 371 g/mol. The van der Waals surface area contributed by atoms with Crippen LogP contribution in [0.15, 0.2) is 54.6 Å². The van der Waals surface area contributed by atoms with E-state index in [9.17, 15) is 4.39 Å². The molecule has 0 radical (unpaired) electrons. The zero-order valence-electron chi connectivity index (χ0n) is 14.7. The molecule has 3 aromatic rings. The third kappa shape index (κ3) is 4.49. The van der Waals surface area contributed by atoms with Crippen molar-refractivity contribution in [1.29, 1.82) is 0 Å². The molecule has 0 fully saturated rings. The van der Waals surface area contributed by atoms with Crippen molar-refractivity contribution in [3.05, 3.63) is 76.7 Å². The van der Waals surface area contributed by atoms with Gasteiger partial charge in [0.25, 0.3) is 0 Å². The van der Waals surface area contributed by atoms with Crippen LogP contribution in [0.2, 0.25) is 5.02 Å². The van der Waals surface area contributed by atoms with Crippen LogP contribution in [0, 0.1) is 12.7 Å². The van der Waals surface area contributed by atoms with Gasteiger partial charge in [0.1, 0.15) is 11.6 Å². The maximum Gasteiger partial charge on any atom is 0.227 e. The second kappa shape index (κ2) is 8.15. The van der Waals surface area contributed by atoms with Gasteiger partial charge in [-0.1, -0.05) is 41.9 Å². The first-order valence-electron chi connectivity index (χ1n) is 8.42. The Hall–Kier alpha value is -2.66. The molecule has 1 aromatic heterocycles. The highest BCUT2D eigenvalue weighted by molar-refractivity contribution is 6.31. The number of hydrogen-bond acceptors (Lipinski definition) is 4. The smallest absolute Gasteiger partial charge is 0.227 e. The number of nitrogens with one attached hydrogen (secondary N) is 1. The standard InChI is InChI=1S/C20H20ClFN4/c1-3-26(13-15-7-5-4-6-8-15)20-23-14(2)11-19(25-20)24-16-9-10-18(22)17(21)12-16/h4-12H,3,13H2,1-2H3,(H,23,24,25). The Bertz CT molecular complexity index is 886. The first kappa shape index (κ1) is 18.1. The molecule has 6 heteroatoms. The van der Waals surface area contributed by atoms with Crippen molar-refractivity contribution < 1.29 is 4.39 Å². The van der Waals surface area contributed by atoms with E-state index in [1.54, 1.807) is 6.07 Å². The number of aryl methyl sites for hydroxylation is 1. The molecule has 0 saturated carbocycles. The predicted molar refractivity (Wildman–Crippen MR) is 105 cm³/mol. The first-order valence-corrected chi connectivity index (χ1v) is 8.79. The monoisotopic (exact) mass is 370 g/mol. The second-order valence-electron chi connectivity index (χ2n) is 5.95. The summed E-state index contributed by atoms with van der Waals surface area (Å²) >= 11 is 5.85. The number of aromatic nitrogens is 2. The van der Waals surface area contributed by atoms with Gasteiger partial charge in [0.05, 0.1) is 5.02 Å². The van der Waals surface area contributed by atoms with Gasteiger partial charge in [-0.3, -0.25) is 0 Å². The summed E-state index contributed by atoms with van der Waals surface area (Å²) in [7, 11) is 0. The molecule has 0 saturated heterocycles. The molecule has 1 N–H and O–H groups in total. The largest absolute Gasteiger partial charge is 0.340 e. The van der Waals surface area contributed by atoms with E-state index in [2.05, 4.69) is 39.2 Å². The van der Waals surface area contributed by atoms with E-state index >= 15 is 0 Å². The normalized spacial score (nSPS) is 10.6. The Balaban J connectivity index is 1.84. The van der Waals surface area contributed by atoms with Crippen LogP contribution in [0.4, 0.5) is 21.8 Å². The molecule has 0 aliphatic rings. The molecule has 0 spiro atoms. The molecule has 26 heavy (non-hydrogen) atoms. The third-order valence-corrected chi connectivity index (χ3v) is 4.20. The van der Waals surface area contributed by atoms with E-state index < -0.39 is 5.82 Å². The van der Waals surface area contributed by atoms with E-state index in [-0.39, 0.29) is 5.02 Å². The molecule has 0 aliphatic heterocycles. The van der Waals surface area contributed by atoms with Gasteiger partial charge in [-0.2, -0.15) is 4.98 Å². The molecule has 0 unspecified atom stereocenters. The van der Waals surface area contributed by atoms with Crippen molar-refractivity contribution in [3.63, 3.8) is 0 Å². The van der Waals surface area contributed by atoms with E-state index in [0.717, 1.165) is 18.8 Å². The highest BCUT2D eigenvalue weighted by Crippen LogP contribution is 2.23. The van der Waals surface area contributed by atoms with E-state index in [1.807, 2.05) is 31.2 Å². The van der Waals surface area contributed by atoms with E-state index in [1.165, 1.54) is 17.7 Å². The summed E-state index contributed by atoms with van der Waals surface area (Å²) in [6.45, 7) is 5.49. The first-order chi connectivity index (χ1) is 12.5. The van der Waals surface area contributed by atoms with Crippen molar-refractivity contribution in [3.8, 4) is 0 Å². The number of halogens is 2. The van der Waals surface area contributed by atoms with Crippen molar-refractivity contribution in [2.24, 2.45) is 0 Å². The van der Waals surface area contributed by atoms with Gasteiger partial charge in [0.15, 0.2) is 0 Å². The van der Waals surface area contributed by atoms with Gasteiger partial charge in [-0.25, -0.2) is 9.37 Å². The lowest BCUT2D eigenvalue weighted by Gasteiger charge is -2.22. The van der Waals surface area contributed by atoms with Crippen molar-refractivity contribution in [2.75, 3.05) is 16.8 Å². The summed E-state index contributed by atoms with van der Waals surface area (Å²) in [5.41, 5.74) is 2.71. The number of benzene rings is 2. The summed E-state index contributed by atoms with van der Waals surface area (Å²) < 4.78 is 13.3. The minimum Gasteiger partial charge on any atom is -0.340 e. The minimum absolute atomic E-state index is 0.0697. The lowest BCUT2D eigenvalue weighted by atomic mass is 10.2. The molecule has 134 valence electrons. The lowest BCUT2D eigenvalue weighted by molar-refractivity contribution is 0.628. The van der Waals surface area contributed by atoms with Crippen molar-refractivity contribution in [2.45, 2.75) is 20.4 Å². The molecule has 0 amide bonds. The van der Waals surface area contributed by atoms with Crippen LogP contribution in [0.5, 0.6) is 0 Å². The summed E-state index contributed by atoms with van der Waals surface area (Å²) in [6.07, 6.45) is 0. The zero-order chi connectivity index (χ0) is 18.5. The summed E-state index contributed by atoms with van der Waals surface area (Å²) in [6, 6.07) is 16.5. The van der Waals surface area contributed by atoms with Gasteiger partial charge < -0.3 is 10.2 Å². The molecule has 0 atom stereocenters. The Labute approximate surface area is 157 Å². The fraction of sp³-hybridized carbons (Fsp3) is 0.200. The lowest BCUT2D eigenvalue weighted by Crippen LogP contribution is -2.24. The number of anilines is 3. The van der Waals surface area contributed by atoms with Crippen LogP contribution < -0.4 is 10.2 Å². The number of hydrogen-bond donors (Lipinski definition) is 1. The van der Waals surface area contributed by atoms with Crippen molar-refractivity contribution >= 4 is 29.1 Å². The molecule has 1 heterocycles. The van der Waals surface area contributed by atoms with Gasteiger partial charge >= 0.3 is 0 Å². The molecule has 4 nitrogen and oxygen atoms in total. The fourth-order valence-electron chi connectivity index (χ4n) is 2.61. The molecule has 0 aliphatic carbocycles. The topological polar surface area (TPSA) is 41.1 Å². The maximum absolute atomic E-state index is 13.3. The van der Waals surface area contributed by atoms with E-state index in [0.29, 0.717) is 17.5 Å². The average Bonchev–Trinajstić information content (AvgIpc) is 2.63. The second-order valence-corrected chi connectivity index (χ2v) is 6.36. The molecular formula is C20H20ClFN4. The van der Waals surface area contributed by atoms with Crippen LogP contribution in [0.25, 0.3) is 0 Å². The summed E-state index contributed by atoms with van der Waals surface area (Å²) in [5.74, 6) is 0.838. The zero-order valence-corrected chi connectivity index (χ0v) is 15.5.